The van der Waals surface area contributed by atoms with Gasteiger partial charge in [-0.3, -0.25) is 0 Å². The summed E-state index contributed by atoms with van der Waals surface area (Å²) in [6.45, 7) is 5.87. The Bertz CT molecular complexity index is 313. The Morgan fingerprint density at radius 1 is 1.62 bits per heavy atom. The predicted octanol–water partition coefficient (Wildman–Crippen LogP) is 2.71. The maximum absolute atomic E-state index is 10.3. The smallest absolute Gasteiger partial charge is 0.392 e. The van der Waals surface area contributed by atoms with E-state index >= 15 is 0 Å². The lowest BCUT2D eigenvalue weighted by molar-refractivity contribution is 0.220. The summed E-state index contributed by atoms with van der Waals surface area (Å²) in [6.07, 6.45) is 0. The molecule has 0 amide bonds. The van der Waals surface area contributed by atoms with Gasteiger partial charge in [0.2, 0.25) is 0 Å². The van der Waals surface area contributed by atoms with Gasteiger partial charge in [0.05, 0.1) is 0 Å². The van der Waals surface area contributed by atoms with Crippen LogP contribution >= 0.6 is 11.6 Å². The summed E-state index contributed by atoms with van der Waals surface area (Å²) in [7, 11) is 0. The van der Waals surface area contributed by atoms with Crippen molar-refractivity contribution >= 4 is 17.0 Å². The van der Waals surface area contributed by atoms with Crippen molar-refractivity contribution in [3.8, 4) is 5.88 Å². The van der Waals surface area contributed by atoms with Crippen molar-refractivity contribution in [2.75, 3.05) is 0 Å². The van der Waals surface area contributed by atoms with Gasteiger partial charge in [0.15, 0.2) is 0 Å². The minimum Gasteiger partial charge on any atom is -0.392 e. The van der Waals surface area contributed by atoms with Crippen LogP contribution in [-0.2, 0) is 5.41 Å². The first-order chi connectivity index (χ1) is 5.89. The number of aromatic nitrogens is 1. The molecule has 5 heteroatoms. The molecular weight excluding hydrogens is 194 g/mol. The van der Waals surface area contributed by atoms with E-state index in [2.05, 4.69) is 9.89 Å². The van der Waals surface area contributed by atoms with E-state index in [-0.39, 0.29) is 11.3 Å². The molecule has 0 saturated heterocycles. The Balaban J connectivity index is 2.81. The third-order valence-corrected chi connectivity index (χ3v) is 1.49. The number of hydrogen-bond acceptors (Lipinski definition) is 4. The van der Waals surface area contributed by atoms with E-state index in [4.69, 9.17) is 16.1 Å². The van der Waals surface area contributed by atoms with E-state index < -0.39 is 5.43 Å². The zero-order chi connectivity index (χ0) is 10.1. The van der Waals surface area contributed by atoms with Crippen molar-refractivity contribution < 1.29 is 14.1 Å². The predicted molar refractivity (Wildman–Crippen MR) is 47.1 cm³/mol. The second kappa shape index (κ2) is 3.38. The number of nitrogens with zero attached hydrogens (tertiary/aromatic N) is 1. The molecule has 0 unspecified atom stereocenters. The van der Waals surface area contributed by atoms with E-state index in [1.165, 1.54) is 0 Å². The topological polar surface area (TPSA) is 52.3 Å². The van der Waals surface area contributed by atoms with E-state index in [1.807, 2.05) is 20.8 Å². The number of carbonyl (C=O) groups is 1. The van der Waals surface area contributed by atoms with Crippen LogP contribution < -0.4 is 4.74 Å². The largest absolute Gasteiger partial charge is 0.410 e. The van der Waals surface area contributed by atoms with Crippen molar-refractivity contribution in [1.82, 2.24) is 5.16 Å². The van der Waals surface area contributed by atoms with Crippen molar-refractivity contribution in [2.24, 2.45) is 0 Å². The maximum atomic E-state index is 10.3. The molecule has 0 fully saturated rings. The monoisotopic (exact) mass is 203 g/mol. The highest BCUT2D eigenvalue weighted by Gasteiger charge is 2.20. The van der Waals surface area contributed by atoms with Crippen molar-refractivity contribution in [3.63, 3.8) is 0 Å². The molecule has 4 nitrogen and oxygen atoms in total. The maximum Gasteiger partial charge on any atom is 0.410 e. The quantitative estimate of drug-likeness (QED) is 0.659. The first kappa shape index (κ1) is 10.1. The molecule has 0 aliphatic heterocycles. The van der Waals surface area contributed by atoms with Crippen LogP contribution in [0.25, 0.3) is 0 Å². The van der Waals surface area contributed by atoms with Gasteiger partial charge in [-0.05, 0) is 5.16 Å². The lowest BCUT2D eigenvalue weighted by Crippen LogP contribution is -2.09. The van der Waals surface area contributed by atoms with Gasteiger partial charge in [-0.2, -0.15) is 0 Å². The number of rotatable bonds is 1. The second-order valence-electron chi connectivity index (χ2n) is 3.62. The first-order valence-corrected chi connectivity index (χ1v) is 4.12. The Morgan fingerprint density at radius 2 is 2.23 bits per heavy atom. The molecule has 0 spiro atoms. The highest BCUT2D eigenvalue weighted by atomic mass is 35.5. The average Bonchev–Trinajstić information content (AvgIpc) is 2.32. The van der Waals surface area contributed by atoms with E-state index in [1.54, 1.807) is 6.07 Å². The SMILES string of the molecule is CC(C)(C)c1cc(OC(=O)Cl)no1. The van der Waals surface area contributed by atoms with Crippen LogP contribution in [0.5, 0.6) is 5.88 Å². The molecule has 1 aromatic rings. The molecule has 0 aromatic carbocycles. The average molecular weight is 204 g/mol. The molecule has 0 aliphatic rings. The third kappa shape index (κ3) is 2.73. The van der Waals surface area contributed by atoms with Gasteiger partial charge in [0, 0.05) is 23.1 Å². The summed E-state index contributed by atoms with van der Waals surface area (Å²) < 4.78 is 9.46. The summed E-state index contributed by atoms with van der Waals surface area (Å²) in [5.41, 5.74) is -1.09. The van der Waals surface area contributed by atoms with E-state index in [9.17, 15) is 4.79 Å². The minimum absolute atomic E-state index is 0.0879. The lowest BCUT2D eigenvalue weighted by atomic mass is 9.94. The van der Waals surface area contributed by atoms with Crippen LogP contribution in [0.1, 0.15) is 26.5 Å². The third-order valence-electron chi connectivity index (χ3n) is 1.41. The summed E-state index contributed by atoms with van der Waals surface area (Å²) >= 11 is 4.99. The number of carbonyl (C=O) groups excluding carboxylic acids is 1. The molecule has 1 heterocycles. The highest BCUT2D eigenvalue weighted by molar-refractivity contribution is 6.61. The Hall–Kier alpha value is -1.03. The van der Waals surface area contributed by atoms with Crippen molar-refractivity contribution in [1.29, 1.82) is 0 Å². The zero-order valence-electron chi connectivity index (χ0n) is 7.63. The van der Waals surface area contributed by atoms with Crippen LogP contribution in [0.2, 0.25) is 0 Å². The van der Waals surface area contributed by atoms with Gasteiger partial charge in [-0.25, -0.2) is 4.79 Å². The molecule has 0 radical (unpaired) electrons. The highest BCUT2D eigenvalue weighted by Crippen LogP contribution is 2.25. The summed E-state index contributed by atoms with van der Waals surface area (Å²) in [5, 5.41) is 3.52. The van der Waals surface area contributed by atoms with E-state index in [0.29, 0.717) is 5.76 Å². The summed E-state index contributed by atoms with van der Waals surface area (Å²) in [5.74, 6) is 0.727. The van der Waals surface area contributed by atoms with Gasteiger partial charge in [0.25, 0.3) is 5.88 Å². The van der Waals surface area contributed by atoms with Crippen LogP contribution in [0.3, 0.4) is 0 Å². The molecule has 0 N–H and O–H groups in total. The molecule has 0 saturated carbocycles. The summed E-state index contributed by atoms with van der Waals surface area (Å²) in [4.78, 5) is 10.3. The van der Waals surface area contributed by atoms with Gasteiger partial charge in [-0.1, -0.05) is 20.8 Å². The molecule has 1 aromatic heterocycles. The van der Waals surface area contributed by atoms with Crippen LogP contribution in [0.15, 0.2) is 10.6 Å². The van der Waals surface area contributed by atoms with E-state index in [0.717, 1.165) is 0 Å². The first-order valence-electron chi connectivity index (χ1n) is 3.74. The Morgan fingerprint density at radius 3 is 2.62 bits per heavy atom. The number of halogens is 1. The lowest BCUT2D eigenvalue weighted by Gasteiger charge is -2.11. The minimum atomic E-state index is -0.922. The van der Waals surface area contributed by atoms with Crippen LogP contribution in [-0.4, -0.2) is 10.6 Å². The molecule has 0 bridgehead atoms. The fourth-order valence-corrected chi connectivity index (χ4v) is 0.822. The Kier molecular flexibility index (Phi) is 2.61. The van der Waals surface area contributed by atoms with Crippen molar-refractivity contribution in [3.05, 3.63) is 11.8 Å². The standard InChI is InChI=1S/C8H10ClNO3/c1-8(2,3)5-4-6(10-13-5)12-7(9)11/h4H,1-3H3. The van der Waals surface area contributed by atoms with Gasteiger partial charge >= 0.3 is 5.43 Å². The van der Waals surface area contributed by atoms with Crippen LogP contribution in [0, 0.1) is 0 Å². The zero-order valence-corrected chi connectivity index (χ0v) is 8.38. The fourth-order valence-electron chi connectivity index (χ4n) is 0.743. The molecule has 13 heavy (non-hydrogen) atoms. The van der Waals surface area contributed by atoms with Gasteiger partial charge in [0.1, 0.15) is 5.76 Å². The number of hydrogen-bond donors (Lipinski definition) is 0. The fraction of sp³-hybridized carbons (Fsp3) is 0.500. The molecule has 0 aliphatic carbocycles. The normalized spacial score (nSPS) is 11.4. The van der Waals surface area contributed by atoms with Gasteiger partial charge in [-0.15, -0.1) is 0 Å². The van der Waals surface area contributed by atoms with Crippen molar-refractivity contribution in [2.45, 2.75) is 26.2 Å². The summed E-state index contributed by atoms with van der Waals surface area (Å²) in [6, 6.07) is 1.54. The molecule has 72 valence electrons. The number of ether oxygens (including phenoxy) is 1. The van der Waals surface area contributed by atoms with Crippen LogP contribution in [0.4, 0.5) is 4.79 Å². The second-order valence-corrected chi connectivity index (χ2v) is 3.93. The molecule has 1 rings (SSSR count). The van der Waals surface area contributed by atoms with Gasteiger partial charge < -0.3 is 9.26 Å². The Labute approximate surface area is 80.8 Å². The molecule has 0 atom stereocenters. The molecular formula is C8H10ClNO3.